The van der Waals surface area contributed by atoms with Crippen LogP contribution in [0.4, 0.5) is 5.69 Å². The van der Waals surface area contributed by atoms with Crippen LogP contribution in [0.1, 0.15) is 33.6 Å². The fraction of sp³-hybridized carbons (Fsp3) is 0.571. The van der Waals surface area contributed by atoms with Crippen molar-refractivity contribution >= 4 is 15.8 Å². The van der Waals surface area contributed by atoms with Gasteiger partial charge in [-0.25, -0.2) is 8.42 Å². The van der Waals surface area contributed by atoms with Gasteiger partial charge in [0.2, 0.25) is 0 Å². The third kappa shape index (κ3) is 5.91. The van der Waals surface area contributed by atoms with Gasteiger partial charge >= 0.3 is 51.4 Å². The van der Waals surface area contributed by atoms with Crippen molar-refractivity contribution in [3.05, 3.63) is 24.3 Å². The predicted octanol–water partition coefficient (Wildman–Crippen LogP) is -1.03. The number of benzene rings is 1. The van der Waals surface area contributed by atoms with Crippen molar-refractivity contribution in [2.75, 3.05) is 11.5 Å². The van der Waals surface area contributed by atoms with Crippen LogP contribution in [-0.4, -0.2) is 36.8 Å². The van der Waals surface area contributed by atoms with Crippen molar-refractivity contribution in [1.82, 2.24) is 0 Å². The zero-order valence-corrected chi connectivity index (χ0v) is 17.1. The van der Waals surface area contributed by atoms with Gasteiger partial charge < -0.3 is 14.6 Å². The third-order valence-electron chi connectivity index (χ3n) is 3.55. The zero-order valence-electron chi connectivity index (χ0n) is 13.1. The topological polar surface area (TPSA) is 80.7 Å². The van der Waals surface area contributed by atoms with Crippen molar-refractivity contribution in [2.45, 2.75) is 50.6 Å². The van der Waals surface area contributed by atoms with E-state index >= 15 is 0 Å². The largest absolute Gasteiger partial charge is 1.00 e. The van der Waals surface area contributed by atoms with E-state index in [0.29, 0.717) is 5.69 Å². The average Bonchev–Trinajstić information content (AvgIpc) is 2.43. The second-order valence-electron chi connectivity index (χ2n) is 4.86. The fourth-order valence-corrected chi connectivity index (χ4v) is 2.75. The Morgan fingerprint density at radius 2 is 1.90 bits per heavy atom. The maximum atomic E-state index is 11.1. The molecule has 1 aromatic carbocycles. The Kier molecular flexibility index (Phi) is 9.86. The summed E-state index contributed by atoms with van der Waals surface area (Å²) in [5.41, 5.74) is 0.650. The van der Waals surface area contributed by atoms with Gasteiger partial charge in [0.25, 0.3) is 0 Å². The first kappa shape index (κ1) is 21.5. The van der Waals surface area contributed by atoms with Crippen LogP contribution >= 0.6 is 0 Å². The second kappa shape index (κ2) is 9.62. The molecule has 0 heterocycles. The Bertz CT molecular complexity index is 532. The van der Waals surface area contributed by atoms with Crippen molar-refractivity contribution in [1.29, 1.82) is 0 Å². The summed E-state index contributed by atoms with van der Waals surface area (Å²) >= 11 is 0. The molecule has 1 rings (SSSR count). The summed E-state index contributed by atoms with van der Waals surface area (Å²) < 4.78 is 33.4. The van der Waals surface area contributed by atoms with Gasteiger partial charge in [-0.05, 0) is 38.0 Å². The van der Waals surface area contributed by atoms with E-state index in [-0.39, 0.29) is 75.0 Å². The van der Waals surface area contributed by atoms with Crippen LogP contribution in [0.25, 0.3) is 0 Å². The molecule has 114 valence electrons. The van der Waals surface area contributed by atoms with E-state index in [1.165, 1.54) is 12.1 Å². The monoisotopic (exact) mass is 339 g/mol. The molecule has 21 heavy (non-hydrogen) atoms. The van der Waals surface area contributed by atoms with Crippen LogP contribution in [0, 0.1) is 0 Å². The smallest absolute Gasteiger partial charge is 0.744 e. The Hall–Kier alpha value is 0.526. The number of rotatable bonds is 7. The summed E-state index contributed by atoms with van der Waals surface area (Å²) in [7, 11) is -4.47. The summed E-state index contributed by atoms with van der Waals surface area (Å²) in [6.07, 6.45) is 1.58. The van der Waals surface area contributed by atoms with E-state index in [9.17, 15) is 18.1 Å². The molecule has 2 unspecified atom stereocenters. The SMILES string of the molecule is CCC(C)N(c1cccc(S(=O)(=O)[O-])c1)C(CC)CO.[K+]. The summed E-state index contributed by atoms with van der Waals surface area (Å²) in [4.78, 5) is 1.74. The Balaban J connectivity index is 0.00000400. The molecule has 0 amide bonds. The van der Waals surface area contributed by atoms with Gasteiger partial charge in [0.1, 0.15) is 10.1 Å². The van der Waals surface area contributed by atoms with Gasteiger partial charge in [-0.2, -0.15) is 0 Å². The van der Waals surface area contributed by atoms with Gasteiger partial charge in [-0.1, -0.05) is 19.9 Å². The number of hydrogen-bond acceptors (Lipinski definition) is 5. The molecule has 5 nitrogen and oxygen atoms in total. The van der Waals surface area contributed by atoms with Crippen LogP contribution in [-0.2, 0) is 10.1 Å². The third-order valence-corrected chi connectivity index (χ3v) is 4.38. The molecular weight excluding hydrogens is 317 g/mol. The zero-order chi connectivity index (χ0) is 15.3. The van der Waals surface area contributed by atoms with Gasteiger partial charge in [-0.3, -0.25) is 0 Å². The minimum absolute atomic E-state index is 0. The number of nitrogens with zero attached hydrogens (tertiary/aromatic N) is 1. The number of hydrogen-bond donors (Lipinski definition) is 1. The molecule has 0 bridgehead atoms. The van der Waals surface area contributed by atoms with Crippen LogP contribution in [0.3, 0.4) is 0 Å². The molecule has 0 aromatic heterocycles. The van der Waals surface area contributed by atoms with E-state index in [1.54, 1.807) is 12.1 Å². The number of anilines is 1. The van der Waals surface area contributed by atoms with Crippen molar-refractivity contribution < 1.29 is 69.5 Å². The van der Waals surface area contributed by atoms with Crippen molar-refractivity contribution in [3.8, 4) is 0 Å². The number of aliphatic hydroxyl groups excluding tert-OH is 1. The first-order chi connectivity index (χ1) is 9.35. The second-order valence-corrected chi connectivity index (χ2v) is 6.24. The maximum absolute atomic E-state index is 11.1. The first-order valence-corrected chi connectivity index (χ1v) is 8.21. The van der Waals surface area contributed by atoms with Crippen LogP contribution in [0.2, 0.25) is 0 Å². The normalized spacial score (nSPS) is 14.1. The minimum Gasteiger partial charge on any atom is -0.744 e. The Morgan fingerprint density at radius 1 is 1.29 bits per heavy atom. The first-order valence-electron chi connectivity index (χ1n) is 6.80. The van der Waals surface area contributed by atoms with Gasteiger partial charge in [0, 0.05) is 11.7 Å². The fourth-order valence-electron chi connectivity index (χ4n) is 2.24. The molecule has 0 aliphatic rings. The van der Waals surface area contributed by atoms with E-state index in [2.05, 4.69) is 0 Å². The van der Waals surface area contributed by atoms with E-state index in [4.69, 9.17) is 0 Å². The van der Waals surface area contributed by atoms with E-state index in [0.717, 1.165) is 12.8 Å². The molecule has 0 saturated carbocycles. The molecular formula is C14H22KNO4S. The molecule has 0 saturated heterocycles. The Morgan fingerprint density at radius 3 is 2.33 bits per heavy atom. The van der Waals surface area contributed by atoms with Gasteiger partial charge in [0.15, 0.2) is 0 Å². The summed E-state index contributed by atoms with van der Waals surface area (Å²) in [6, 6.07) is 6.03. The number of aliphatic hydroxyl groups is 1. The molecule has 7 heteroatoms. The molecule has 2 atom stereocenters. The summed E-state index contributed by atoms with van der Waals surface area (Å²) in [5, 5.41) is 9.51. The van der Waals surface area contributed by atoms with Crippen LogP contribution in [0.15, 0.2) is 29.2 Å². The maximum Gasteiger partial charge on any atom is 1.00 e. The average molecular weight is 339 g/mol. The van der Waals surface area contributed by atoms with Crippen LogP contribution < -0.4 is 56.3 Å². The summed E-state index contributed by atoms with van der Waals surface area (Å²) in [5.74, 6) is 0. The molecule has 0 spiro atoms. The predicted molar refractivity (Wildman–Crippen MR) is 77.8 cm³/mol. The molecule has 1 aromatic rings. The quantitative estimate of drug-likeness (QED) is 0.508. The molecule has 0 aliphatic heterocycles. The molecule has 0 radical (unpaired) electrons. The van der Waals surface area contributed by atoms with Gasteiger partial charge in [0.05, 0.1) is 17.5 Å². The molecule has 0 aliphatic carbocycles. The van der Waals surface area contributed by atoms with Crippen LogP contribution in [0.5, 0.6) is 0 Å². The van der Waals surface area contributed by atoms with Crippen molar-refractivity contribution in [2.24, 2.45) is 0 Å². The van der Waals surface area contributed by atoms with Gasteiger partial charge in [-0.15, -0.1) is 0 Å². The van der Waals surface area contributed by atoms with E-state index < -0.39 is 10.1 Å². The standard InChI is InChI=1S/C14H23NO4S.K/c1-4-11(3)15(12(5-2)10-16)13-7-6-8-14(9-13)20(17,18)19;/h6-9,11-12,16H,4-5,10H2,1-3H3,(H,17,18,19);/q;+1/p-1. The van der Waals surface area contributed by atoms with E-state index in [1.807, 2.05) is 25.7 Å². The summed E-state index contributed by atoms with van der Waals surface area (Å²) in [6.45, 7) is 5.98. The molecule has 1 N–H and O–H groups in total. The molecule has 0 fully saturated rings. The Labute approximate surface area is 169 Å². The van der Waals surface area contributed by atoms with Crippen molar-refractivity contribution in [3.63, 3.8) is 0 Å². The minimum atomic E-state index is -4.47.